The van der Waals surface area contributed by atoms with Gasteiger partial charge in [0.1, 0.15) is 5.82 Å². The minimum absolute atomic E-state index is 0.545. The fourth-order valence-electron chi connectivity index (χ4n) is 1.49. The minimum Gasteiger partial charge on any atom is -0.321 e. The summed E-state index contributed by atoms with van der Waals surface area (Å²) in [5, 5.41) is 3.32. The second-order valence-corrected chi connectivity index (χ2v) is 3.61. The van der Waals surface area contributed by atoms with E-state index in [0.717, 1.165) is 19.6 Å². The highest BCUT2D eigenvalue weighted by Gasteiger charge is 2.12. The Balaban J connectivity index is 2.32. The molecule has 0 aliphatic carbocycles. The summed E-state index contributed by atoms with van der Waals surface area (Å²) in [5.41, 5.74) is 1.22. The Morgan fingerprint density at radius 3 is 3.08 bits per heavy atom. The smallest absolute Gasteiger partial charge is 0.111 e. The van der Waals surface area contributed by atoms with Crippen molar-refractivity contribution in [1.82, 2.24) is 14.9 Å². The molecule has 1 aliphatic rings. The topological polar surface area (TPSA) is 29.9 Å². The first-order valence-corrected chi connectivity index (χ1v) is 4.54. The SMILES string of the molecule is CC(C)c1cn2c(n1)CCNC2. The Bertz CT molecular complexity index is 252. The van der Waals surface area contributed by atoms with Crippen LogP contribution in [0.3, 0.4) is 0 Å². The van der Waals surface area contributed by atoms with E-state index in [2.05, 4.69) is 34.9 Å². The molecule has 1 aromatic heterocycles. The number of imidazole rings is 1. The van der Waals surface area contributed by atoms with Crippen molar-refractivity contribution >= 4 is 0 Å². The van der Waals surface area contributed by atoms with Gasteiger partial charge in [0, 0.05) is 19.2 Å². The summed E-state index contributed by atoms with van der Waals surface area (Å²) in [4.78, 5) is 4.57. The highest BCUT2D eigenvalue weighted by Crippen LogP contribution is 2.14. The van der Waals surface area contributed by atoms with E-state index < -0.39 is 0 Å². The van der Waals surface area contributed by atoms with Crippen LogP contribution in [0.4, 0.5) is 0 Å². The maximum absolute atomic E-state index is 4.57. The number of hydrogen-bond acceptors (Lipinski definition) is 2. The summed E-state index contributed by atoms with van der Waals surface area (Å²) < 4.78 is 2.21. The first-order chi connectivity index (χ1) is 5.77. The standard InChI is InChI=1S/C9H15N3/c1-7(2)8-5-12-6-10-4-3-9(12)11-8/h5,7,10H,3-4,6H2,1-2H3. The van der Waals surface area contributed by atoms with Gasteiger partial charge in [0.25, 0.3) is 0 Å². The zero-order chi connectivity index (χ0) is 8.55. The maximum atomic E-state index is 4.57. The van der Waals surface area contributed by atoms with Gasteiger partial charge >= 0.3 is 0 Å². The molecule has 0 bridgehead atoms. The molecule has 1 aromatic rings. The zero-order valence-corrected chi connectivity index (χ0v) is 7.67. The molecule has 0 saturated carbocycles. The van der Waals surface area contributed by atoms with Gasteiger partial charge in [-0.1, -0.05) is 13.8 Å². The fourth-order valence-corrected chi connectivity index (χ4v) is 1.49. The highest BCUT2D eigenvalue weighted by molar-refractivity contribution is 5.09. The van der Waals surface area contributed by atoms with E-state index in [1.165, 1.54) is 11.5 Å². The van der Waals surface area contributed by atoms with Crippen molar-refractivity contribution in [1.29, 1.82) is 0 Å². The van der Waals surface area contributed by atoms with Crippen LogP contribution in [-0.4, -0.2) is 16.1 Å². The Labute approximate surface area is 72.8 Å². The van der Waals surface area contributed by atoms with Gasteiger partial charge in [0.05, 0.1) is 12.4 Å². The largest absolute Gasteiger partial charge is 0.321 e. The number of rotatable bonds is 1. The minimum atomic E-state index is 0.545. The maximum Gasteiger partial charge on any atom is 0.111 e. The Morgan fingerprint density at radius 1 is 1.58 bits per heavy atom. The second-order valence-electron chi connectivity index (χ2n) is 3.61. The van der Waals surface area contributed by atoms with Gasteiger partial charge in [-0.25, -0.2) is 4.98 Å². The Morgan fingerprint density at radius 2 is 2.42 bits per heavy atom. The quantitative estimate of drug-likeness (QED) is 0.675. The molecular weight excluding hydrogens is 150 g/mol. The average Bonchev–Trinajstić information content (AvgIpc) is 2.46. The molecule has 0 amide bonds. The van der Waals surface area contributed by atoms with Gasteiger partial charge in [0.2, 0.25) is 0 Å². The van der Waals surface area contributed by atoms with Crippen LogP contribution >= 0.6 is 0 Å². The molecule has 1 N–H and O–H groups in total. The lowest BCUT2D eigenvalue weighted by atomic mass is 10.2. The number of aromatic nitrogens is 2. The van der Waals surface area contributed by atoms with Crippen LogP contribution in [-0.2, 0) is 13.1 Å². The number of hydrogen-bond donors (Lipinski definition) is 1. The molecular formula is C9H15N3. The molecule has 0 unspecified atom stereocenters. The van der Waals surface area contributed by atoms with Crippen molar-refractivity contribution in [3.05, 3.63) is 17.7 Å². The van der Waals surface area contributed by atoms with Crippen molar-refractivity contribution in [2.75, 3.05) is 6.54 Å². The van der Waals surface area contributed by atoms with Crippen molar-refractivity contribution in [3.8, 4) is 0 Å². The predicted molar refractivity (Wildman–Crippen MR) is 48.0 cm³/mol. The average molecular weight is 165 g/mol. The van der Waals surface area contributed by atoms with Gasteiger partial charge in [-0.2, -0.15) is 0 Å². The van der Waals surface area contributed by atoms with Crippen LogP contribution in [0.15, 0.2) is 6.20 Å². The van der Waals surface area contributed by atoms with Crippen molar-refractivity contribution in [2.24, 2.45) is 0 Å². The molecule has 2 heterocycles. The van der Waals surface area contributed by atoms with Crippen molar-refractivity contribution < 1.29 is 0 Å². The van der Waals surface area contributed by atoms with Crippen LogP contribution < -0.4 is 5.32 Å². The molecule has 3 nitrogen and oxygen atoms in total. The van der Waals surface area contributed by atoms with Gasteiger partial charge < -0.3 is 4.57 Å². The van der Waals surface area contributed by atoms with E-state index in [4.69, 9.17) is 0 Å². The van der Waals surface area contributed by atoms with Crippen LogP contribution in [0.5, 0.6) is 0 Å². The van der Waals surface area contributed by atoms with Crippen molar-refractivity contribution in [3.63, 3.8) is 0 Å². The lowest BCUT2D eigenvalue weighted by Gasteiger charge is -2.13. The van der Waals surface area contributed by atoms with Crippen LogP contribution in [0.1, 0.15) is 31.3 Å². The van der Waals surface area contributed by atoms with E-state index in [1.807, 2.05) is 0 Å². The molecule has 0 fully saturated rings. The summed E-state index contributed by atoms with van der Waals surface area (Å²) in [6.45, 7) is 6.35. The summed E-state index contributed by atoms with van der Waals surface area (Å²) in [7, 11) is 0. The van der Waals surface area contributed by atoms with Crippen LogP contribution in [0.25, 0.3) is 0 Å². The first-order valence-electron chi connectivity index (χ1n) is 4.54. The Kier molecular flexibility index (Phi) is 1.89. The Hall–Kier alpha value is -0.830. The summed E-state index contributed by atoms with van der Waals surface area (Å²) >= 11 is 0. The van der Waals surface area contributed by atoms with Crippen LogP contribution in [0.2, 0.25) is 0 Å². The molecule has 12 heavy (non-hydrogen) atoms. The molecule has 1 aliphatic heterocycles. The van der Waals surface area contributed by atoms with Gasteiger partial charge in [0.15, 0.2) is 0 Å². The molecule has 66 valence electrons. The molecule has 0 radical (unpaired) electrons. The highest BCUT2D eigenvalue weighted by atomic mass is 15.2. The molecule has 2 rings (SSSR count). The molecule has 0 spiro atoms. The third kappa shape index (κ3) is 1.25. The number of nitrogens with zero attached hydrogens (tertiary/aromatic N) is 2. The lowest BCUT2D eigenvalue weighted by Crippen LogP contribution is -2.28. The van der Waals surface area contributed by atoms with Crippen molar-refractivity contribution in [2.45, 2.75) is 32.9 Å². The monoisotopic (exact) mass is 165 g/mol. The summed E-state index contributed by atoms with van der Waals surface area (Å²) in [5.74, 6) is 1.78. The normalized spacial score (nSPS) is 16.6. The second kappa shape index (κ2) is 2.90. The third-order valence-electron chi connectivity index (χ3n) is 2.28. The van der Waals surface area contributed by atoms with Gasteiger partial charge in [-0.15, -0.1) is 0 Å². The van der Waals surface area contributed by atoms with E-state index in [0.29, 0.717) is 5.92 Å². The number of nitrogens with one attached hydrogen (secondary N) is 1. The summed E-state index contributed by atoms with van der Waals surface area (Å²) in [6.07, 6.45) is 3.22. The summed E-state index contributed by atoms with van der Waals surface area (Å²) in [6, 6.07) is 0. The van der Waals surface area contributed by atoms with Crippen LogP contribution in [0, 0.1) is 0 Å². The molecule has 0 atom stereocenters. The predicted octanol–water partition coefficient (Wildman–Crippen LogP) is 1.11. The van der Waals surface area contributed by atoms with Gasteiger partial charge in [-0.3, -0.25) is 5.32 Å². The van der Waals surface area contributed by atoms with E-state index in [9.17, 15) is 0 Å². The van der Waals surface area contributed by atoms with E-state index >= 15 is 0 Å². The fraction of sp³-hybridized carbons (Fsp3) is 0.667. The lowest BCUT2D eigenvalue weighted by molar-refractivity contribution is 0.487. The van der Waals surface area contributed by atoms with E-state index in [1.54, 1.807) is 0 Å². The molecule has 0 aromatic carbocycles. The van der Waals surface area contributed by atoms with Gasteiger partial charge in [-0.05, 0) is 5.92 Å². The molecule has 3 heteroatoms. The third-order valence-corrected chi connectivity index (χ3v) is 2.28. The van der Waals surface area contributed by atoms with E-state index in [-0.39, 0.29) is 0 Å². The first kappa shape index (κ1) is 7.80. The number of fused-ring (bicyclic) bond motifs is 1. The molecule has 0 saturated heterocycles. The zero-order valence-electron chi connectivity index (χ0n) is 7.67.